The van der Waals surface area contributed by atoms with Gasteiger partial charge in [-0.25, -0.2) is 4.79 Å². The molecule has 1 heterocycles. The molecule has 1 N–H and O–H groups in total. The number of carbonyl (C=O) groups excluding carboxylic acids is 2. The molecule has 0 aliphatic heterocycles. The van der Waals surface area contributed by atoms with Crippen LogP contribution >= 0.6 is 11.3 Å². The Morgan fingerprint density at radius 3 is 2.77 bits per heavy atom. The topological polar surface area (TPSA) is 98.5 Å². The van der Waals surface area contributed by atoms with Gasteiger partial charge in [0.25, 0.3) is 11.6 Å². The van der Waals surface area contributed by atoms with Crippen molar-refractivity contribution in [2.45, 2.75) is 32.6 Å². The minimum absolute atomic E-state index is 0.118. The average molecular weight is 374 g/mol. The number of amides is 1. The average Bonchev–Trinajstić information content (AvgIpc) is 3.05. The molecule has 0 unspecified atom stereocenters. The number of carbonyl (C=O) groups is 2. The monoisotopic (exact) mass is 374 g/mol. The fourth-order valence-electron chi connectivity index (χ4n) is 2.84. The highest BCUT2D eigenvalue weighted by molar-refractivity contribution is 7.14. The van der Waals surface area contributed by atoms with Crippen molar-refractivity contribution in [3.63, 3.8) is 0 Å². The van der Waals surface area contributed by atoms with Crippen LogP contribution in [-0.2, 0) is 22.4 Å². The molecule has 1 aromatic heterocycles. The Labute approximate surface area is 154 Å². The van der Waals surface area contributed by atoms with Crippen LogP contribution in [0.1, 0.15) is 38.5 Å². The molecule has 0 saturated carbocycles. The first-order chi connectivity index (χ1) is 12.4. The highest BCUT2D eigenvalue weighted by atomic mass is 32.1. The smallest absolute Gasteiger partial charge is 0.348 e. The van der Waals surface area contributed by atoms with Crippen molar-refractivity contribution in [3.05, 3.63) is 55.3 Å². The van der Waals surface area contributed by atoms with Crippen molar-refractivity contribution >= 4 is 34.6 Å². The second-order valence-electron chi connectivity index (χ2n) is 6.15. The molecule has 136 valence electrons. The van der Waals surface area contributed by atoms with E-state index in [1.807, 2.05) is 6.07 Å². The van der Waals surface area contributed by atoms with Crippen LogP contribution in [0.3, 0.4) is 0 Å². The number of nitro groups is 1. The zero-order valence-electron chi connectivity index (χ0n) is 14.2. The zero-order valence-corrected chi connectivity index (χ0v) is 15.1. The van der Waals surface area contributed by atoms with E-state index in [4.69, 9.17) is 4.74 Å². The number of esters is 1. The summed E-state index contributed by atoms with van der Waals surface area (Å²) in [5, 5.41) is 13.4. The van der Waals surface area contributed by atoms with Gasteiger partial charge in [-0.3, -0.25) is 14.9 Å². The van der Waals surface area contributed by atoms with Gasteiger partial charge in [0.15, 0.2) is 6.61 Å². The van der Waals surface area contributed by atoms with E-state index in [1.54, 1.807) is 13.0 Å². The van der Waals surface area contributed by atoms with Crippen LogP contribution in [0, 0.1) is 17.0 Å². The van der Waals surface area contributed by atoms with E-state index < -0.39 is 23.4 Å². The predicted molar refractivity (Wildman–Crippen MR) is 97.7 cm³/mol. The number of anilines is 1. The first-order valence-electron chi connectivity index (χ1n) is 8.27. The number of hydrogen-bond donors (Lipinski definition) is 1. The minimum Gasteiger partial charge on any atom is -0.451 e. The van der Waals surface area contributed by atoms with Crippen LogP contribution in [0.4, 0.5) is 11.4 Å². The molecule has 0 bridgehead atoms. The quantitative estimate of drug-likeness (QED) is 0.489. The molecule has 8 heteroatoms. The van der Waals surface area contributed by atoms with E-state index in [0.717, 1.165) is 25.7 Å². The molecule has 1 aliphatic carbocycles. The Bertz CT molecular complexity index is 851. The summed E-state index contributed by atoms with van der Waals surface area (Å²) in [7, 11) is 0. The summed E-state index contributed by atoms with van der Waals surface area (Å²) in [4.78, 5) is 36.2. The van der Waals surface area contributed by atoms with Crippen molar-refractivity contribution in [2.24, 2.45) is 0 Å². The molecule has 1 amide bonds. The number of nitrogens with one attached hydrogen (secondary N) is 1. The largest absolute Gasteiger partial charge is 0.451 e. The highest BCUT2D eigenvalue weighted by Crippen LogP contribution is 2.30. The van der Waals surface area contributed by atoms with Gasteiger partial charge in [-0.2, -0.15) is 0 Å². The van der Waals surface area contributed by atoms with Gasteiger partial charge in [-0.05, 0) is 49.8 Å². The molecule has 7 nitrogen and oxygen atoms in total. The first kappa shape index (κ1) is 18.1. The fourth-order valence-corrected chi connectivity index (χ4v) is 3.99. The molecule has 1 aliphatic rings. The van der Waals surface area contributed by atoms with Gasteiger partial charge < -0.3 is 10.1 Å². The predicted octanol–water partition coefficient (Wildman–Crippen LogP) is 3.64. The second-order valence-corrected chi connectivity index (χ2v) is 7.28. The summed E-state index contributed by atoms with van der Waals surface area (Å²) in [6.07, 6.45) is 4.22. The number of nitro benzene ring substituents is 1. The van der Waals surface area contributed by atoms with Gasteiger partial charge >= 0.3 is 5.97 Å². The Morgan fingerprint density at radius 1 is 1.27 bits per heavy atom. The Hall–Kier alpha value is -2.74. The van der Waals surface area contributed by atoms with E-state index >= 15 is 0 Å². The molecular weight excluding hydrogens is 356 g/mol. The van der Waals surface area contributed by atoms with Crippen molar-refractivity contribution < 1.29 is 19.2 Å². The summed E-state index contributed by atoms with van der Waals surface area (Å²) >= 11 is 1.43. The number of thiophene rings is 1. The Kier molecular flexibility index (Phi) is 5.32. The number of aryl methyl sites for hydroxylation is 3. The van der Waals surface area contributed by atoms with Crippen molar-refractivity contribution in [2.75, 3.05) is 11.9 Å². The molecule has 0 spiro atoms. The molecule has 0 fully saturated rings. The third-order valence-corrected chi connectivity index (χ3v) is 5.46. The molecule has 2 aromatic rings. The maximum Gasteiger partial charge on any atom is 0.348 e. The number of hydrogen-bond acceptors (Lipinski definition) is 6. The van der Waals surface area contributed by atoms with Crippen molar-refractivity contribution in [3.8, 4) is 0 Å². The SMILES string of the molecule is Cc1ccc([N+](=O)[O-])cc1NC(=O)COC(=O)c1cc2c(s1)CCCC2. The third kappa shape index (κ3) is 4.08. The van der Waals surface area contributed by atoms with Crippen LogP contribution in [0.15, 0.2) is 24.3 Å². The van der Waals surface area contributed by atoms with Crippen molar-refractivity contribution in [1.29, 1.82) is 0 Å². The third-order valence-electron chi connectivity index (χ3n) is 4.24. The van der Waals surface area contributed by atoms with Gasteiger partial charge in [0.1, 0.15) is 4.88 Å². The normalized spacial score (nSPS) is 13.0. The molecule has 0 radical (unpaired) electrons. The van der Waals surface area contributed by atoms with Gasteiger partial charge in [-0.1, -0.05) is 6.07 Å². The first-order valence-corrected chi connectivity index (χ1v) is 9.09. The molecule has 3 rings (SSSR count). The number of fused-ring (bicyclic) bond motifs is 1. The molecule has 0 saturated heterocycles. The Morgan fingerprint density at radius 2 is 2.04 bits per heavy atom. The van der Waals surface area contributed by atoms with Crippen LogP contribution < -0.4 is 5.32 Å². The second kappa shape index (κ2) is 7.65. The minimum atomic E-state index is -0.539. The lowest BCUT2D eigenvalue weighted by molar-refractivity contribution is -0.384. The summed E-state index contributed by atoms with van der Waals surface area (Å²) in [6.45, 7) is 1.28. The van der Waals surface area contributed by atoms with Crippen LogP contribution in [0.2, 0.25) is 0 Å². The number of rotatable bonds is 5. The van der Waals surface area contributed by atoms with Gasteiger partial charge in [0.05, 0.1) is 10.6 Å². The summed E-state index contributed by atoms with van der Waals surface area (Å²) < 4.78 is 5.08. The van der Waals surface area contributed by atoms with Crippen LogP contribution in [0.5, 0.6) is 0 Å². The lowest BCUT2D eigenvalue weighted by atomic mass is 9.99. The summed E-state index contributed by atoms with van der Waals surface area (Å²) in [6, 6.07) is 6.05. The zero-order chi connectivity index (χ0) is 18.7. The lowest BCUT2D eigenvalue weighted by Crippen LogP contribution is -2.21. The molecular formula is C18H18N2O5S. The number of benzene rings is 1. The lowest BCUT2D eigenvalue weighted by Gasteiger charge is -2.08. The molecule has 26 heavy (non-hydrogen) atoms. The van der Waals surface area contributed by atoms with Crippen LogP contribution in [0.25, 0.3) is 0 Å². The van der Waals surface area contributed by atoms with E-state index in [2.05, 4.69) is 5.32 Å². The maximum absolute atomic E-state index is 12.1. The number of ether oxygens (including phenoxy) is 1. The summed E-state index contributed by atoms with van der Waals surface area (Å²) in [5.41, 5.74) is 2.09. The number of nitrogens with zero attached hydrogens (tertiary/aromatic N) is 1. The van der Waals surface area contributed by atoms with E-state index in [9.17, 15) is 19.7 Å². The standard InChI is InChI=1S/C18H18N2O5S/c1-11-6-7-13(20(23)24)9-14(11)19-17(21)10-25-18(22)16-8-12-4-2-3-5-15(12)26-16/h6-9H,2-5,10H2,1H3,(H,19,21). The van der Waals surface area contributed by atoms with Crippen molar-refractivity contribution in [1.82, 2.24) is 0 Å². The Balaban J connectivity index is 1.59. The van der Waals surface area contributed by atoms with E-state index in [-0.39, 0.29) is 5.69 Å². The maximum atomic E-state index is 12.1. The van der Waals surface area contributed by atoms with E-state index in [0.29, 0.717) is 16.1 Å². The summed E-state index contributed by atoms with van der Waals surface area (Å²) in [5.74, 6) is -1.06. The van der Waals surface area contributed by atoms with E-state index in [1.165, 1.54) is 33.9 Å². The van der Waals surface area contributed by atoms with Gasteiger partial charge in [0, 0.05) is 17.0 Å². The highest BCUT2D eigenvalue weighted by Gasteiger charge is 2.19. The van der Waals surface area contributed by atoms with Gasteiger partial charge in [-0.15, -0.1) is 11.3 Å². The molecule has 0 atom stereocenters. The fraction of sp³-hybridized carbons (Fsp3) is 0.333. The van der Waals surface area contributed by atoms with Crippen LogP contribution in [-0.4, -0.2) is 23.4 Å². The number of non-ortho nitro benzene ring substituents is 1. The molecule has 1 aromatic carbocycles. The van der Waals surface area contributed by atoms with Gasteiger partial charge in [0.2, 0.25) is 0 Å².